The number of carbonyl (C=O) groups excluding carboxylic acids is 3. The highest BCUT2D eigenvalue weighted by Crippen LogP contribution is 2.33. The van der Waals surface area contributed by atoms with Crippen molar-refractivity contribution in [1.82, 2.24) is 20.0 Å². The molecule has 1 aromatic rings. The SMILES string of the molecule is CC(=O)CN1C(=O)C2C(NC3N(c4ccc(C)cc4)CCCN23)N(C)C1=O. The Hall–Kier alpha value is -2.45. The molecule has 0 aromatic heterocycles. The zero-order valence-corrected chi connectivity index (χ0v) is 15.9. The van der Waals surface area contributed by atoms with Gasteiger partial charge in [0.25, 0.3) is 5.91 Å². The van der Waals surface area contributed by atoms with Crippen LogP contribution in [0.15, 0.2) is 24.3 Å². The topological polar surface area (TPSA) is 76.2 Å². The van der Waals surface area contributed by atoms with E-state index in [1.54, 1.807) is 11.9 Å². The van der Waals surface area contributed by atoms with Gasteiger partial charge in [-0.05, 0) is 32.4 Å². The van der Waals surface area contributed by atoms with Gasteiger partial charge in [0.2, 0.25) is 0 Å². The van der Waals surface area contributed by atoms with Crippen molar-refractivity contribution < 1.29 is 14.4 Å². The number of hydrogen-bond acceptors (Lipinski definition) is 6. The molecule has 4 rings (SSSR count). The van der Waals surface area contributed by atoms with E-state index in [1.165, 1.54) is 12.5 Å². The van der Waals surface area contributed by atoms with Crippen LogP contribution in [0, 0.1) is 6.92 Å². The molecule has 0 saturated carbocycles. The maximum Gasteiger partial charge on any atom is 0.328 e. The van der Waals surface area contributed by atoms with E-state index in [1.807, 2.05) is 0 Å². The van der Waals surface area contributed by atoms with Crippen molar-refractivity contribution in [3.05, 3.63) is 29.8 Å². The van der Waals surface area contributed by atoms with Gasteiger partial charge < -0.3 is 9.80 Å². The molecule has 8 nitrogen and oxygen atoms in total. The molecule has 1 N–H and O–H groups in total. The molecule has 0 radical (unpaired) electrons. The number of rotatable bonds is 3. The zero-order chi connectivity index (χ0) is 19.3. The number of carbonyl (C=O) groups is 3. The Morgan fingerprint density at radius 1 is 1.19 bits per heavy atom. The number of urea groups is 1. The van der Waals surface area contributed by atoms with E-state index in [0.717, 1.165) is 30.1 Å². The fraction of sp³-hybridized carbons (Fsp3) is 0.526. The Kier molecular flexibility index (Phi) is 4.39. The van der Waals surface area contributed by atoms with Gasteiger partial charge in [-0.15, -0.1) is 0 Å². The lowest BCUT2D eigenvalue weighted by Crippen LogP contribution is -2.66. The Morgan fingerprint density at radius 3 is 2.56 bits per heavy atom. The van der Waals surface area contributed by atoms with Crippen LogP contribution in [0.25, 0.3) is 0 Å². The van der Waals surface area contributed by atoms with Crippen molar-refractivity contribution in [3.8, 4) is 0 Å². The number of fused-ring (bicyclic) bond motifs is 3. The summed E-state index contributed by atoms with van der Waals surface area (Å²) in [6, 6.07) is 7.41. The minimum absolute atomic E-state index is 0.159. The second-order valence-corrected chi connectivity index (χ2v) is 7.57. The largest absolute Gasteiger partial charge is 0.343 e. The molecular weight excluding hydrogens is 346 g/mol. The Morgan fingerprint density at radius 2 is 1.89 bits per heavy atom. The van der Waals surface area contributed by atoms with E-state index < -0.39 is 18.2 Å². The quantitative estimate of drug-likeness (QED) is 0.837. The van der Waals surface area contributed by atoms with Crippen LogP contribution in [0.4, 0.5) is 10.5 Å². The summed E-state index contributed by atoms with van der Waals surface area (Å²) >= 11 is 0. The molecule has 3 aliphatic heterocycles. The summed E-state index contributed by atoms with van der Waals surface area (Å²) in [4.78, 5) is 44.2. The predicted molar refractivity (Wildman–Crippen MR) is 99.9 cm³/mol. The fourth-order valence-corrected chi connectivity index (χ4v) is 4.29. The third-order valence-corrected chi connectivity index (χ3v) is 5.62. The second-order valence-electron chi connectivity index (χ2n) is 7.57. The number of benzene rings is 1. The highest BCUT2D eigenvalue weighted by Gasteiger charge is 2.56. The minimum atomic E-state index is -0.481. The van der Waals surface area contributed by atoms with Crippen LogP contribution < -0.4 is 10.2 Å². The molecule has 27 heavy (non-hydrogen) atoms. The van der Waals surface area contributed by atoms with Crippen LogP contribution >= 0.6 is 0 Å². The number of nitrogens with one attached hydrogen (secondary N) is 1. The molecule has 3 heterocycles. The minimum Gasteiger partial charge on any atom is -0.343 e. The standard InChI is InChI=1S/C19H25N5O3/c1-12-5-7-14(8-6-12)22-9-4-10-23-15-16(20-18(22)23)21(3)19(27)24(17(15)26)11-13(2)25/h5-8,15-16,18,20H,4,9-11H2,1-3H3. The first kappa shape index (κ1) is 17.9. The van der Waals surface area contributed by atoms with Gasteiger partial charge >= 0.3 is 6.03 Å². The predicted octanol–water partition coefficient (Wildman–Crippen LogP) is 0.572. The summed E-state index contributed by atoms with van der Waals surface area (Å²) in [5, 5.41) is 3.47. The molecule has 3 saturated heterocycles. The van der Waals surface area contributed by atoms with Gasteiger partial charge in [-0.1, -0.05) is 17.7 Å². The summed E-state index contributed by atoms with van der Waals surface area (Å²) in [7, 11) is 1.68. The molecule has 3 aliphatic rings. The van der Waals surface area contributed by atoms with Gasteiger partial charge in [0, 0.05) is 25.8 Å². The third kappa shape index (κ3) is 2.89. The summed E-state index contributed by atoms with van der Waals surface area (Å²) in [5.41, 5.74) is 2.28. The second kappa shape index (κ2) is 6.61. The van der Waals surface area contributed by atoms with Gasteiger partial charge in [-0.25, -0.2) is 4.79 Å². The molecule has 3 atom stereocenters. The molecule has 3 fully saturated rings. The monoisotopic (exact) mass is 371 g/mol. The smallest absolute Gasteiger partial charge is 0.328 e. The number of hydrogen-bond donors (Lipinski definition) is 1. The molecule has 0 spiro atoms. The van der Waals surface area contributed by atoms with Gasteiger partial charge in [0.15, 0.2) is 0 Å². The summed E-state index contributed by atoms with van der Waals surface area (Å²) in [6.45, 7) is 4.91. The number of likely N-dealkylation sites (N-methyl/N-ethyl adjacent to an activating group) is 1. The third-order valence-electron chi connectivity index (χ3n) is 5.62. The highest BCUT2D eigenvalue weighted by molar-refractivity contribution is 6.03. The van der Waals surface area contributed by atoms with Crippen molar-refractivity contribution in [2.45, 2.75) is 38.8 Å². The first-order chi connectivity index (χ1) is 12.9. The van der Waals surface area contributed by atoms with E-state index >= 15 is 0 Å². The van der Waals surface area contributed by atoms with Crippen molar-refractivity contribution in [2.24, 2.45) is 0 Å². The van der Waals surface area contributed by atoms with E-state index in [4.69, 9.17) is 0 Å². The van der Waals surface area contributed by atoms with Gasteiger partial charge in [-0.3, -0.25) is 24.7 Å². The maximum atomic E-state index is 13.1. The van der Waals surface area contributed by atoms with E-state index in [2.05, 4.69) is 46.3 Å². The lowest BCUT2D eigenvalue weighted by Gasteiger charge is -2.43. The summed E-state index contributed by atoms with van der Waals surface area (Å²) in [6.07, 6.45) is 0.365. The van der Waals surface area contributed by atoms with Crippen LogP contribution in [0.2, 0.25) is 0 Å². The van der Waals surface area contributed by atoms with Gasteiger partial charge in [0.1, 0.15) is 24.3 Å². The molecule has 8 heteroatoms. The van der Waals surface area contributed by atoms with Crippen LogP contribution in [-0.4, -0.2) is 77.6 Å². The Labute approximate surface area is 158 Å². The van der Waals surface area contributed by atoms with Crippen LogP contribution in [0.5, 0.6) is 0 Å². The Bertz CT molecular complexity index is 780. The fourth-order valence-electron chi connectivity index (χ4n) is 4.29. The molecular formula is C19H25N5O3. The first-order valence-electron chi connectivity index (χ1n) is 9.31. The average molecular weight is 371 g/mol. The van der Waals surface area contributed by atoms with E-state index in [9.17, 15) is 14.4 Å². The maximum absolute atomic E-state index is 13.1. The van der Waals surface area contributed by atoms with Crippen LogP contribution in [-0.2, 0) is 9.59 Å². The number of amides is 3. The van der Waals surface area contributed by atoms with Crippen molar-refractivity contribution in [2.75, 3.05) is 31.6 Å². The molecule has 144 valence electrons. The Balaban J connectivity index is 1.65. The van der Waals surface area contributed by atoms with E-state index in [0.29, 0.717) is 0 Å². The molecule has 3 unspecified atom stereocenters. The lowest BCUT2D eigenvalue weighted by molar-refractivity contribution is -0.141. The normalized spacial score (nSPS) is 28.4. The first-order valence-corrected chi connectivity index (χ1v) is 9.31. The van der Waals surface area contributed by atoms with Crippen molar-refractivity contribution in [1.29, 1.82) is 0 Å². The zero-order valence-electron chi connectivity index (χ0n) is 15.9. The van der Waals surface area contributed by atoms with Crippen molar-refractivity contribution in [3.63, 3.8) is 0 Å². The average Bonchev–Trinajstić information content (AvgIpc) is 3.04. The molecule has 3 amide bonds. The van der Waals surface area contributed by atoms with Gasteiger partial charge in [-0.2, -0.15) is 0 Å². The number of imide groups is 1. The van der Waals surface area contributed by atoms with Crippen LogP contribution in [0.1, 0.15) is 18.9 Å². The van der Waals surface area contributed by atoms with Crippen LogP contribution in [0.3, 0.4) is 0 Å². The lowest BCUT2D eigenvalue weighted by atomic mass is 10.1. The molecule has 0 aliphatic carbocycles. The summed E-state index contributed by atoms with van der Waals surface area (Å²) in [5.74, 6) is -0.495. The number of aryl methyl sites for hydroxylation is 1. The number of nitrogens with zero attached hydrogens (tertiary/aromatic N) is 4. The number of Topliss-reactive ketones (excluding diaryl/α,β-unsaturated/α-hetero) is 1. The number of ketones is 1. The highest BCUT2D eigenvalue weighted by atomic mass is 16.2. The number of anilines is 1. The molecule has 1 aromatic carbocycles. The summed E-state index contributed by atoms with van der Waals surface area (Å²) < 4.78 is 0. The van der Waals surface area contributed by atoms with E-state index in [-0.39, 0.29) is 24.5 Å². The van der Waals surface area contributed by atoms with Crippen molar-refractivity contribution >= 4 is 23.4 Å². The molecule has 0 bridgehead atoms. The van der Waals surface area contributed by atoms with Gasteiger partial charge in [0.05, 0.1) is 6.54 Å².